The summed E-state index contributed by atoms with van der Waals surface area (Å²) in [6.45, 7) is 5.11. The van der Waals surface area contributed by atoms with Crippen molar-refractivity contribution in [3.05, 3.63) is 0 Å². The molecule has 4 amide bonds. The fourth-order valence-corrected chi connectivity index (χ4v) is 2.84. The Morgan fingerprint density at radius 1 is 1.20 bits per heavy atom. The van der Waals surface area contributed by atoms with E-state index in [1.807, 2.05) is 13.8 Å². The lowest BCUT2D eigenvalue weighted by Crippen LogP contribution is -2.46. The average Bonchev–Trinajstić information content (AvgIpc) is 2.82. The molecule has 8 nitrogen and oxygen atoms in total. The number of hydrogen-bond acceptors (Lipinski definition) is 3. The topological polar surface area (TPSA) is 93.2 Å². The van der Waals surface area contributed by atoms with Crippen LogP contribution in [0, 0.1) is 0 Å². The molecule has 20 heavy (non-hydrogen) atoms. The van der Waals surface area contributed by atoms with E-state index < -0.39 is 5.97 Å². The van der Waals surface area contributed by atoms with Gasteiger partial charge in [-0.1, -0.05) is 0 Å². The SMILES string of the molecule is CCN1C(=O)N(CC)[C@H]2NC(=O)N(CCCC(=O)O)[C@@H]21. The van der Waals surface area contributed by atoms with Crippen molar-refractivity contribution < 1.29 is 19.5 Å². The van der Waals surface area contributed by atoms with E-state index in [0.717, 1.165) is 0 Å². The van der Waals surface area contributed by atoms with Gasteiger partial charge < -0.3 is 25.1 Å². The van der Waals surface area contributed by atoms with E-state index in [2.05, 4.69) is 5.32 Å². The van der Waals surface area contributed by atoms with Crippen molar-refractivity contribution >= 4 is 18.0 Å². The van der Waals surface area contributed by atoms with E-state index >= 15 is 0 Å². The molecule has 0 spiro atoms. The highest BCUT2D eigenvalue weighted by molar-refractivity contribution is 5.85. The predicted octanol–water partition coefficient (Wildman–Crippen LogP) is 0.306. The van der Waals surface area contributed by atoms with Gasteiger partial charge in [-0.25, -0.2) is 9.59 Å². The molecule has 0 aromatic heterocycles. The smallest absolute Gasteiger partial charge is 0.323 e. The van der Waals surface area contributed by atoms with Crippen molar-refractivity contribution in [1.29, 1.82) is 0 Å². The predicted molar refractivity (Wildman–Crippen MR) is 69.8 cm³/mol. The summed E-state index contributed by atoms with van der Waals surface area (Å²) >= 11 is 0. The van der Waals surface area contributed by atoms with Gasteiger partial charge in [0.25, 0.3) is 0 Å². The van der Waals surface area contributed by atoms with Crippen LogP contribution in [-0.2, 0) is 4.79 Å². The first-order valence-corrected chi connectivity index (χ1v) is 6.87. The summed E-state index contributed by atoms with van der Waals surface area (Å²) in [6.07, 6.45) is -0.290. The normalized spacial score (nSPS) is 25.2. The van der Waals surface area contributed by atoms with Crippen LogP contribution in [0.25, 0.3) is 0 Å². The Bertz CT molecular complexity index is 428. The maximum Gasteiger partial charge on any atom is 0.323 e. The van der Waals surface area contributed by atoms with Crippen LogP contribution in [-0.4, -0.2) is 69.8 Å². The molecule has 112 valence electrons. The number of carboxylic acids is 1. The highest BCUT2D eigenvalue weighted by atomic mass is 16.4. The van der Waals surface area contributed by atoms with Gasteiger partial charge in [0.05, 0.1) is 0 Å². The molecule has 2 heterocycles. The zero-order valence-electron chi connectivity index (χ0n) is 11.7. The van der Waals surface area contributed by atoms with Crippen molar-refractivity contribution in [3.8, 4) is 0 Å². The number of likely N-dealkylation sites (N-methyl/N-ethyl adjacent to an activating group) is 2. The van der Waals surface area contributed by atoms with Gasteiger partial charge in [0.2, 0.25) is 0 Å². The van der Waals surface area contributed by atoms with Crippen LogP contribution in [0.4, 0.5) is 9.59 Å². The maximum absolute atomic E-state index is 12.2. The molecule has 2 atom stereocenters. The van der Waals surface area contributed by atoms with E-state index in [4.69, 9.17) is 5.11 Å². The fraction of sp³-hybridized carbons (Fsp3) is 0.750. The number of carbonyl (C=O) groups is 3. The number of hydrogen-bond donors (Lipinski definition) is 2. The third kappa shape index (κ3) is 2.25. The number of rotatable bonds is 6. The van der Waals surface area contributed by atoms with Gasteiger partial charge in [0.15, 0.2) is 0 Å². The van der Waals surface area contributed by atoms with Crippen molar-refractivity contribution in [3.63, 3.8) is 0 Å². The summed E-state index contributed by atoms with van der Waals surface area (Å²) in [5.41, 5.74) is 0. The first-order valence-electron chi connectivity index (χ1n) is 6.87. The number of nitrogens with one attached hydrogen (secondary N) is 1. The number of amides is 4. The minimum absolute atomic E-state index is 0.0126. The summed E-state index contributed by atoms with van der Waals surface area (Å²) in [4.78, 5) is 39.6. The van der Waals surface area contributed by atoms with Gasteiger partial charge in [-0.15, -0.1) is 0 Å². The number of carbonyl (C=O) groups excluding carboxylic acids is 2. The molecule has 0 saturated carbocycles. The van der Waals surface area contributed by atoms with Crippen molar-refractivity contribution in [2.24, 2.45) is 0 Å². The molecule has 0 aromatic rings. The number of aliphatic carboxylic acids is 1. The Balaban J connectivity index is 2.11. The number of urea groups is 2. The van der Waals surface area contributed by atoms with Crippen molar-refractivity contribution in [2.75, 3.05) is 19.6 Å². The molecule has 2 aliphatic rings. The Labute approximate surface area is 117 Å². The zero-order chi connectivity index (χ0) is 14.9. The molecule has 2 saturated heterocycles. The van der Waals surface area contributed by atoms with Gasteiger partial charge in [0, 0.05) is 26.1 Å². The number of nitrogens with zero attached hydrogens (tertiary/aromatic N) is 3. The summed E-state index contributed by atoms with van der Waals surface area (Å²) in [7, 11) is 0. The summed E-state index contributed by atoms with van der Waals surface area (Å²) in [5, 5.41) is 11.5. The third-order valence-electron chi connectivity index (χ3n) is 3.75. The third-order valence-corrected chi connectivity index (χ3v) is 3.75. The van der Waals surface area contributed by atoms with E-state index in [0.29, 0.717) is 26.1 Å². The molecular formula is C12H20N4O4. The zero-order valence-corrected chi connectivity index (χ0v) is 11.7. The van der Waals surface area contributed by atoms with Gasteiger partial charge in [0.1, 0.15) is 12.3 Å². The maximum atomic E-state index is 12.2. The molecule has 0 aliphatic carbocycles. The van der Waals surface area contributed by atoms with Crippen LogP contribution in [0.2, 0.25) is 0 Å². The minimum Gasteiger partial charge on any atom is -0.481 e. The summed E-state index contributed by atoms with van der Waals surface area (Å²) in [5.74, 6) is -0.883. The fourth-order valence-electron chi connectivity index (χ4n) is 2.84. The molecule has 0 unspecified atom stereocenters. The lowest BCUT2D eigenvalue weighted by molar-refractivity contribution is -0.137. The summed E-state index contributed by atoms with van der Waals surface area (Å²) < 4.78 is 0. The molecule has 2 N–H and O–H groups in total. The van der Waals surface area contributed by atoms with Crippen LogP contribution >= 0.6 is 0 Å². The van der Waals surface area contributed by atoms with Crippen LogP contribution in [0.15, 0.2) is 0 Å². The summed E-state index contributed by atoms with van der Waals surface area (Å²) in [6, 6.07) is -0.331. The molecule has 0 bridgehead atoms. The lowest BCUT2D eigenvalue weighted by atomic mass is 10.2. The Kier molecular flexibility index (Phi) is 4.01. The van der Waals surface area contributed by atoms with E-state index in [-0.39, 0.29) is 30.8 Å². The second-order valence-electron chi connectivity index (χ2n) is 4.85. The Morgan fingerprint density at radius 3 is 2.40 bits per heavy atom. The highest BCUT2D eigenvalue weighted by Crippen LogP contribution is 2.28. The van der Waals surface area contributed by atoms with Crippen LogP contribution in [0.3, 0.4) is 0 Å². The molecule has 2 aliphatic heterocycles. The lowest BCUT2D eigenvalue weighted by Gasteiger charge is -2.28. The number of carboxylic acid groups (broad SMARTS) is 1. The second-order valence-corrected chi connectivity index (χ2v) is 4.85. The first-order chi connectivity index (χ1) is 9.51. The van der Waals surface area contributed by atoms with Crippen LogP contribution in [0.5, 0.6) is 0 Å². The van der Waals surface area contributed by atoms with E-state index in [9.17, 15) is 14.4 Å². The second kappa shape index (κ2) is 5.56. The minimum atomic E-state index is -0.883. The standard InChI is InChI=1S/C12H20N4O4/c1-3-14-9-10(15(4-2)12(14)20)16(11(19)13-9)7-5-6-8(17)18/h9-10H,3-7H2,1-2H3,(H,13,19)(H,17,18)/t9-,10+/m1/s1. The molecule has 0 radical (unpaired) electrons. The highest BCUT2D eigenvalue weighted by Gasteiger charge is 2.53. The molecule has 0 aromatic carbocycles. The van der Waals surface area contributed by atoms with Gasteiger partial charge in [-0.2, -0.15) is 0 Å². The monoisotopic (exact) mass is 284 g/mol. The van der Waals surface area contributed by atoms with Gasteiger partial charge in [-0.05, 0) is 20.3 Å². The first kappa shape index (κ1) is 14.4. The van der Waals surface area contributed by atoms with Gasteiger partial charge in [-0.3, -0.25) is 4.79 Å². The Morgan fingerprint density at radius 2 is 1.85 bits per heavy atom. The quantitative estimate of drug-likeness (QED) is 0.734. The van der Waals surface area contributed by atoms with E-state index in [1.54, 1.807) is 14.7 Å². The van der Waals surface area contributed by atoms with Crippen molar-refractivity contribution in [2.45, 2.75) is 39.0 Å². The largest absolute Gasteiger partial charge is 0.481 e. The molecule has 8 heteroatoms. The average molecular weight is 284 g/mol. The van der Waals surface area contributed by atoms with Gasteiger partial charge >= 0.3 is 18.0 Å². The molecule has 2 fully saturated rings. The van der Waals surface area contributed by atoms with E-state index in [1.165, 1.54) is 0 Å². The number of fused-ring (bicyclic) bond motifs is 1. The molecular weight excluding hydrogens is 264 g/mol. The van der Waals surface area contributed by atoms with Crippen LogP contribution in [0.1, 0.15) is 26.7 Å². The molecule has 2 rings (SSSR count). The van der Waals surface area contributed by atoms with Crippen LogP contribution < -0.4 is 5.32 Å². The Hall–Kier alpha value is -1.99. The van der Waals surface area contributed by atoms with Crippen molar-refractivity contribution in [1.82, 2.24) is 20.0 Å².